The summed E-state index contributed by atoms with van der Waals surface area (Å²) in [6.45, 7) is 4.19. The van der Waals surface area contributed by atoms with Crippen molar-refractivity contribution in [2.75, 3.05) is 29.9 Å². The second-order valence-corrected chi connectivity index (χ2v) is 6.59. The Morgan fingerprint density at radius 2 is 1.85 bits per heavy atom. The summed E-state index contributed by atoms with van der Waals surface area (Å²) in [5.41, 5.74) is 1.66. The van der Waals surface area contributed by atoms with Gasteiger partial charge in [0.2, 0.25) is 0 Å². The quantitative estimate of drug-likeness (QED) is 0.784. The van der Waals surface area contributed by atoms with Gasteiger partial charge in [-0.2, -0.15) is 0 Å². The lowest BCUT2D eigenvalue weighted by Gasteiger charge is -2.29. The van der Waals surface area contributed by atoms with E-state index < -0.39 is 0 Å². The average Bonchev–Trinajstić information content (AvgIpc) is 2.73. The molecule has 0 saturated carbocycles. The molecular formula is C21H25N3O3. The molecule has 0 aliphatic carbocycles. The lowest BCUT2D eigenvalue weighted by Crippen LogP contribution is -2.32. The first-order valence-corrected chi connectivity index (χ1v) is 9.47. The van der Waals surface area contributed by atoms with Gasteiger partial charge in [0.15, 0.2) is 0 Å². The molecule has 0 spiro atoms. The third kappa shape index (κ3) is 4.84. The molecule has 142 valence electrons. The van der Waals surface area contributed by atoms with Crippen LogP contribution in [0.3, 0.4) is 0 Å². The highest BCUT2D eigenvalue weighted by Crippen LogP contribution is 2.22. The number of ether oxygens (including phenoxy) is 1. The molecule has 1 aromatic heterocycles. The van der Waals surface area contributed by atoms with E-state index in [1.54, 1.807) is 42.6 Å². The molecule has 1 aromatic carbocycles. The number of carbonyl (C=O) groups excluding carboxylic acids is 2. The van der Waals surface area contributed by atoms with Crippen molar-refractivity contribution in [3.05, 3.63) is 53.7 Å². The van der Waals surface area contributed by atoms with Crippen LogP contribution in [0.4, 0.5) is 11.5 Å². The third-order valence-corrected chi connectivity index (χ3v) is 4.50. The van der Waals surface area contributed by atoms with E-state index in [9.17, 15) is 9.59 Å². The van der Waals surface area contributed by atoms with Crippen molar-refractivity contribution in [2.45, 2.75) is 32.6 Å². The molecule has 0 radical (unpaired) electrons. The average molecular weight is 367 g/mol. The number of amides is 1. The number of aromatic nitrogens is 1. The Labute approximate surface area is 159 Å². The fraction of sp³-hybridized carbons (Fsp3) is 0.381. The van der Waals surface area contributed by atoms with Crippen molar-refractivity contribution in [2.24, 2.45) is 0 Å². The summed E-state index contributed by atoms with van der Waals surface area (Å²) in [4.78, 5) is 31.2. The standard InChI is InChI=1S/C21H25N3O3/c1-2-15-27-21(26)16-8-10-17(11-9-16)23-20(25)18-7-6-12-22-19(18)24-13-4-3-5-14-24/h6-12H,2-5,13-15H2,1H3,(H,23,25). The molecule has 1 aliphatic rings. The number of hydrogen-bond donors (Lipinski definition) is 1. The number of nitrogens with zero attached hydrogens (tertiary/aromatic N) is 2. The molecule has 0 bridgehead atoms. The predicted molar refractivity (Wildman–Crippen MR) is 105 cm³/mol. The van der Waals surface area contributed by atoms with Gasteiger partial charge in [0.25, 0.3) is 5.91 Å². The van der Waals surface area contributed by atoms with Gasteiger partial charge in [-0.15, -0.1) is 0 Å². The molecule has 0 unspecified atom stereocenters. The number of carbonyl (C=O) groups is 2. The highest BCUT2D eigenvalue weighted by Gasteiger charge is 2.19. The summed E-state index contributed by atoms with van der Waals surface area (Å²) in [5, 5.41) is 2.89. The van der Waals surface area contributed by atoms with Crippen LogP contribution in [-0.2, 0) is 4.74 Å². The fourth-order valence-corrected chi connectivity index (χ4v) is 3.10. The maximum Gasteiger partial charge on any atom is 0.338 e. The van der Waals surface area contributed by atoms with Crippen LogP contribution in [0.25, 0.3) is 0 Å². The Balaban J connectivity index is 1.69. The van der Waals surface area contributed by atoms with Gasteiger partial charge in [-0.25, -0.2) is 9.78 Å². The monoisotopic (exact) mass is 367 g/mol. The Kier molecular flexibility index (Phi) is 6.41. The highest BCUT2D eigenvalue weighted by molar-refractivity contribution is 6.07. The second kappa shape index (κ2) is 9.16. The molecule has 2 heterocycles. The van der Waals surface area contributed by atoms with Crippen LogP contribution >= 0.6 is 0 Å². The number of hydrogen-bond acceptors (Lipinski definition) is 5. The lowest BCUT2D eigenvalue weighted by molar-refractivity contribution is 0.0505. The summed E-state index contributed by atoms with van der Waals surface area (Å²) in [7, 11) is 0. The van der Waals surface area contributed by atoms with Gasteiger partial charge in [-0.3, -0.25) is 4.79 Å². The van der Waals surface area contributed by atoms with Gasteiger partial charge in [-0.05, 0) is 62.1 Å². The molecule has 6 nitrogen and oxygen atoms in total. The van der Waals surface area contributed by atoms with Crippen LogP contribution < -0.4 is 10.2 Å². The molecular weight excluding hydrogens is 342 g/mol. The SMILES string of the molecule is CCCOC(=O)c1ccc(NC(=O)c2cccnc2N2CCCCC2)cc1. The summed E-state index contributed by atoms with van der Waals surface area (Å²) >= 11 is 0. The molecule has 2 aromatic rings. The van der Waals surface area contributed by atoms with Gasteiger partial charge in [-0.1, -0.05) is 6.92 Å². The number of pyridine rings is 1. The van der Waals surface area contributed by atoms with Gasteiger partial charge < -0.3 is 15.0 Å². The summed E-state index contributed by atoms with van der Waals surface area (Å²) in [6.07, 6.45) is 5.96. The largest absolute Gasteiger partial charge is 0.462 e. The van der Waals surface area contributed by atoms with Crippen LogP contribution in [0.1, 0.15) is 53.3 Å². The van der Waals surface area contributed by atoms with Crippen molar-refractivity contribution in [3.8, 4) is 0 Å². The Hall–Kier alpha value is -2.89. The number of esters is 1. The molecule has 1 aliphatic heterocycles. The number of piperidine rings is 1. The van der Waals surface area contributed by atoms with Crippen LogP contribution in [0.2, 0.25) is 0 Å². The zero-order valence-corrected chi connectivity index (χ0v) is 15.6. The van der Waals surface area contributed by atoms with E-state index >= 15 is 0 Å². The zero-order valence-electron chi connectivity index (χ0n) is 15.6. The van der Waals surface area contributed by atoms with E-state index in [-0.39, 0.29) is 11.9 Å². The summed E-state index contributed by atoms with van der Waals surface area (Å²) < 4.78 is 5.11. The lowest BCUT2D eigenvalue weighted by atomic mass is 10.1. The van der Waals surface area contributed by atoms with Crippen LogP contribution in [0, 0.1) is 0 Å². The minimum atomic E-state index is -0.352. The van der Waals surface area contributed by atoms with E-state index in [1.165, 1.54) is 6.42 Å². The second-order valence-electron chi connectivity index (χ2n) is 6.59. The van der Waals surface area contributed by atoms with Gasteiger partial charge >= 0.3 is 5.97 Å². The first-order valence-electron chi connectivity index (χ1n) is 9.47. The van der Waals surface area contributed by atoms with E-state index in [0.717, 1.165) is 38.2 Å². The Bertz CT molecular complexity index is 784. The van der Waals surface area contributed by atoms with Crippen molar-refractivity contribution >= 4 is 23.4 Å². The van der Waals surface area contributed by atoms with E-state index in [4.69, 9.17) is 4.74 Å². The van der Waals surface area contributed by atoms with E-state index in [1.807, 2.05) is 6.92 Å². The Morgan fingerprint density at radius 1 is 1.11 bits per heavy atom. The third-order valence-electron chi connectivity index (χ3n) is 4.50. The molecule has 1 saturated heterocycles. The van der Waals surface area contributed by atoms with Crippen molar-refractivity contribution in [1.29, 1.82) is 0 Å². The number of rotatable bonds is 6. The summed E-state index contributed by atoms with van der Waals surface area (Å²) in [5.74, 6) is 0.175. The highest BCUT2D eigenvalue weighted by atomic mass is 16.5. The normalized spacial score (nSPS) is 13.9. The van der Waals surface area contributed by atoms with Gasteiger partial charge in [0.05, 0.1) is 17.7 Å². The number of anilines is 2. The minimum absolute atomic E-state index is 0.204. The van der Waals surface area contributed by atoms with E-state index in [0.29, 0.717) is 23.4 Å². The first kappa shape index (κ1) is 18.9. The van der Waals surface area contributed by atoms with E-state index in [2.05, 4.69) is 15.2 Å². The number of benzene rings is 1. The van der Waals surface area contributed by atoms with Gasteiger partial charge in [0.1, 0.15) is 5.82 Å². The maximum atomic E-state index is 12.8. The smallest absolute Gasteiger partial charge is 0.338 e. The molecule has 1 amide bonds. The minimum Gasteiger partial charge on any atom is -0.462 e. The van der Waals surface area contributed by atoms with Crippen LogP contribution in [0.5, 0.6) is 0 Å². The zero-order chi connectivity index (χ0) is 19.1. The Morgan fingerprint density at radius 3 is 2.56 bits per heavy atom. The van der Waals surface area contributed by atoms with Crippen molar-refractivity contribution in [1.82, 2.24) is 4.98 Å². The number of nitrogens with one attached hydrogen (secondary N) is 1. The molecule has 0 atom stereocenters. The molecule has 1 N–H and O–H groups in total. The van der Waals surface area contributed by atoms with Crippen molar-refractivity contribution in [3.63, 3.8) is 0 Å². The van der Waals surface area contributed by atoms with Gasteiger partial charge in [0, 0.05) is 25.0 Å². The predicted octanol–water partition coefficient (Wildman–Crippen LogP) is 3.89. The maximum absolute atomic E-state index is 12.8. The molecule has 3 rings (SSSR count). The topological polar surface area (TPSA) is 71.5 Å². The van der Waals surface area contributed by atoms with Crippen LogP contribution in [0.15, 0.2) is 42.6 Å². The first-order chi connectivity index (χ1) is 13.2. The summed E-state index contributed by atoms with van der Waals surface area (Å²) in [6, 6.07) is 10.3. The molecule has 27 heavy (non-hydrogen) atoms. The fourth-order valence-electron chi connectivity index (χ4n) is 3.10. The van der Waals surface area contributed by atoms with Crippen molar-refractivity contribution < 1.29 is 14.3 Å². The molecule has 1 fully saturated rings. The molecule has 6 heteroatoms. The van der Waals surface area contributed by atoms with Crippen LogP contribution in [-0.4, -0.2) is 36.6 Å².